The zero-order valence-corrected chi connectivity index (χ0v) is 8.09. The van der Waals surface area contributed by atoms with Crippen LogP contribution in [-0.4, -0.2) is 28.8 Å². The third-order valence-electron chi connectivity index (χ3n) is 2.57. The molecule has 3 nitrogen and oxygen atoms in total. The highest BCUT2D eigenvalue weighted by Crippen LogP contribution is 2.25. The molecule has 1 aliphatic rings. The molecule has 15 heavy (non-hydrogen) atoms. The van der Waals surface area contributed by atoms with Crippen molar-refractivity contribution in [3.05, 3.63) is 18.2 Å². The minimum absolute atomic E-state index is 0.162. The molecule has 1 saturated heterocycles. The fourth-order valence-electron chi connectivity index (χ4n) is 1.90. The van der Waals surface area contributed by atoms with Crippen molar-refractivity contribution in [1.29, 1.82) is 0 Å². The van der Waals surface area contributed by atoms with Crippen molar-refractivity contribution < 1.29 is 13.2 Å². The summed E-state index contributed by atoms with van der Waals surface area (Å²) in [5.41, 5.74) is 0.678. The molecule has 1 fully saturated rings. The van der Waals surface area contributed by atoms with Gasteiger partial charge < -0.3 is 9.88 Å². The second-order valence-electron chi connectivity index (χ2n) is 3.75. The van der Waals surface area contributed by atoms with Crippen LogP contribution in [-0.2, 0) is 6.54 Å². The van der Waals surface area contributed by atoms with Gasteiger partial charge in [0.1, 0.15) is 6.54 Å². The lowest BCUT2D eigenvalue weighted by Gasteiger charge is -2.14. The second-order valence-corrected chi connectivity index (χ2v) is 3.75. The number of halogens is 3. The summed E-state index contributed by atoms with van der Waals surface area (Å²) in [6.07, 6.45) is -0.518. The molecule has 0 saturated carbocycles. The van der Waals surface area contributed by atoms with E-state index < -0.39 is 12.7 Å². The van der Waals surface area contributed by atoms with Gasteiger partial charge in [-0.2, -0.15) is 13.2 Å². The average Bonchev–Trinajstić information content (AvgIpc) is 2.68. The van der Waals surface area contributed by atoms with Gasteiger partial charge in [-0.25, -0.2) is 4.98 Å². The van der Waals surface area contributed by atoms with E-state index in [4.69, 9.17) is 0 Å². The van der Waals surface area contributed by atoms with Gasteiger partial charge in [0.05, 0.1) is 6.33 Å². The predicted molar refractivity (Wildman–Crippen MR) is 48.5 cm³/mol. The average molecular weight is 219 g/mol. The van der Waals surface area contributed by atoms with Gasteiger partial charge in [0, 0.05) is 24.4 Å². The highest BCUT2D eigenvalue weighted by molar-refractivity contribution is 5.09. The Balaban J connectivity index is 2.14. The molecule has 1 atom stereocenters. The molecule has 1 aliphatic heterocycles. The lowest BCUT2D eigenvalue weighted by Crippen LogP contribution is -2.20. The number of nitrogens with one attached hydrogen (secondary N) is 1. The van der Waals surface area contributed by atoms with E-state index in [1.165, 1.54) is 17.1 Å². The summed E-state index contributed by atoms with van der Waals surface area (Å²) in [5, 5.41) is 3.13. The summed E-state index contributed by atoms with van der Waals surface area (Å²) in [5.74, 6) is 0.162. The van der Waals surface area contributed by atoms with Crippen molar-refractivity contribution in [3.8, 4) is 0 Å². The zero-order valence-electron chi connectivity index (χ0n) is 8.09. The van der Waals surface area contributed by atoms with E-state index in [1.807, 2.05) is 0 Å². The van der Waals surface area contributed by atoms with Crippen LogP contribution in [0, 0.1) is 0 Å². The van der Waals surface area contributed by atoms with E-state index in [0.29, 0.717) is 5.69 Å². The maximum absolute atomic E-state index is 12.2. The molecule has 1 aromatic rings. The topological polar surface area (TPSA) is 29.9 Å². The first-order valence-corrected chi connectivity index (χ1v) is 4.84. The Kier molecular flexibility index (Phi) is 2.68. The van der Waals surface area contributed by atoms with Gasteiger partial charge in [0.25, 0.3) is 0 Å². The maximum Gasteiger partial charge on any atom is 0.406 e. The zero-order chi connectivity index (χ0) is 10.9. The number of nitrogens with zero attached hydrogens (tertiary/aromatic N) is 2. The van der Waals surface area contributed by atoms with Crippen LogP contribution in [0.25, 0.3) is 0 Å². The summed E-state index contributed by atoms with van der Waals surface area (Å²) in [6.45, 7) is 0.657. The number of alkyl halides is 3. The third-order valence-corrected chi connectivity index (χ3v) is 2.57. The molecule has 1 aromatic heterocycles. The van der Waals surface area contributed by atoms with Gasteiger partial charge >= 0.3 is 6.18 Å². The van der Waals surface area contributed by atoms with Gasteiger partial charge in [-0.1, -0.05) is 0 Å². The quantitative estimate of drug-likeness (QED) is 0.817. The molecule has 1 unspecified atom stereocenters. The minimum atomic E-state index is -4.18. The molecular weight excluding hydrogens is 207 g/mol. The van der Waals surface area contributed by atoms with Gasteiger partial charge in [-0.15, -0.1) is 0 Å². The van der Waals surface area contributed by atoms with Crippen LogP contribution in [0.2, 0.25) is 0 Å². The first kappa shape index (κ1) is 10.5. The number of hydrogen-bond acceptors (Lipinski definition) is 2. The highest BCUT2D eigenvalue weighted by Gasteiger charge is 2.30. The van der Waals surface area contributed by atoms with Crippen molar-refractivity contribution in [1.82, 2.24) is 14.9 Å². The molecule has 2 rings (SSSR count). The smallest absolute Gasteiger partial charge is 0.325 e. The monoisotopic (exact) mass is 219 g/mol. The number of imidazole rings is 1. The molecular formula is C9H12F3N3. The molecule has 0 amide bonds. The Morgan fingerprint density at radius 1 is 1.53 bits per heavy atom. The molecule has 2 heterocycles. The number of rotatable bonds is 2. The van der Waals surface area contributed by atoms with Crippen LogP contribution in [0.5, 0.6) is 0 Å². The highest BCUT2D eigenvalue weighted by atomic mass is 19.4. The van der Waals surface area contributed by atoms with Crippen LogP contribution in [0.1, 0.15) is 18.0 Å². The summed E-state index contributed by atoms with van der Waals surface area (Å²) in [6, 6.07) is 0. The van der Waals surface area contributed by atoms with Crippen LogP contribution in [0.15, 0.2) is 12.5 Å². The summed E-state index contributed by atoms with van der Waals surface area (Å²) in [7, 11) is 0. The number of hydrogen-bond donors (Lipinski definition) is 1. The molecule has 84 valence electrons. The largest absolute Gasteiger partial charge is 0.406 e. The van der Waals surface area contributed by atoms with Crippen molar-refractivity contribution in [2.75, 3.05) is 13.1 Å². The lowest BCUT2D eigenvalue weighted by molar-refractivity contribution is -0.141. The van der Waals surface area contributed by atoms with Gasteiger partial charge in [-0.3, -0.25) is 0 Å². The van der Waals surface area contributed by atoms with E-state index in [1.54, 1.807) is 0 Å². The van der Waals surface area contributed by atoms with Gasteiger partial charge in [-0.05, 0) is 13.0 Å². The molecule has 6 heteroatoms. The molecule has 0 spiro atoms. The van der Waals surface area contributed by atoms with E-state index in [9.17, 15) is 13.2 Å². The van der Waals surface area contributed by atoms with Crippen molar-refractivity contribution >= 4 is 0 Å². The molecule has 1 N–H and O–H groups in total. The van der Waals surface area contributed by atoms with Gasteiger partial charge in [0.2, 0.25) is 0 Å². The van der Waals surface area contributed by atoms with Crippen LogP contribution in [0.4, 0.5) is 13.2 Å². The van der Waals surface area contributed by atoms with Crippen molar-refractivity contribution in [3.63, 3.8) is 0 Å². The van der Waals surface area contributed by atoms with Crippen molar-refractivity contribution in [2.24, 2.45) is 0 Å². The molecule has 0 bridgehead atoms. The van der Waals surface area contributed by atoms with Crippen molar-refractivity contribution in [2.45, 2.75) is 25.1 Å². The second kappa shape index (κ2) is 3.84. The summed E-state index contributed by atoms with van der Waals surface area (Å²) in [4.78, 5) is 3.79. The number of aromatic nitrogens is 2. The van der Waals surface area contributed by atoms with Crippen LogP contribution >= 0.6 is 0 Å². The fraction of sp³-hybridized carbons (Fsp3) is 0.667. The minimum Gasteiger partial charge on any atom is -0.325 e. The van der Waals surface area contributed by atoms with Gasteiger partial charge in [0.15, 0.2) is 0 Å². The van der Waals surface area contributed by atoms with Crippen LogP contribution < -0.4 is 5.32 Å². The lowest BCUT2D eigenvalue weighted by atomic mass is 10.1. The Labute approximate surface area is 85.3 Å². The Morgan fingerprint density at radius 3 is 2.93 bits per heavy atom. The van der Waals surface area contributed by atoms with E-state index in [-0.39, 0.29) is 5.92 Å². The van der Waals surface area contributed by atoms with Crippen LogP contribution in [0.3, 0.4) is 0 Å². The van der Waals surface area contributed by atoms with E-state index in [2.05, 4.69) is 10.3 Å². The normalized spacial score (nSPS) is 22.2. The summed E-state index contributed by atoms with van der Waals surface area (Å²) < 4.78 is 37.9. The van der Waals surface area contributed by atoms with E-state index in [0.717, 1.165) is 19.5 Å². The first-order chi connectivity index (χ1) is 7.06. The standard InChI is InChI=1S/C9H12F3N3/c10-9(11,12)5-15-6-14-4-8(15)7-1-2-13-3-7/h4,6-7,13H,1-3,5H2. The Hall–Kier alpha value is -1.04. The summed E-state index contributed by atoms with van der Waals surface area (Å²) >= 11 is 0. The molecule has 0 radical (unpaired) electrons. The predicted octanol–water partition coefficient (Wildman–Crippen LogP) is 1.52. The Morgan fingerprint density at radius 2 is 2.33 bits per heavy atom. The first-order valence-electron chi connectivity index (χ1n) is 4.84. The SMILES string of the molecule is FC(F)(F)Cn1cncc1C1CCNC1. The van der Waals surface area contributed by atoms with E-state index >= 15 is 0 Å². The maximum atomic E-state index is 12.2. The Bertz CT molecular complexity index is 326. The third kappa shape index (κ3) is 2.50. The fourth-order valence-corrected chi connectivity index (χ4v) is 1.90. The molecule has 0 aromatic carbocycles. The molecule has 0 aliphatic carbocycles.